The number of thiazole rings is 1. The summed E-state index contributed by atoms with van der Waals surface area (Å²) in [5.41, 5.74) is 0.286. The Kier molecular flexibility index (Phi) is 9.30. The van der Waals surface area contributed by atoms with Gasteiger partial charge in [-0.15, -0.1) is 17.9 Å². The van der Waals surface area contributed by atoms with Crippen LogP contribution in [0.15, 0.2) is 42.3 Å². The number of nitrogens with one attached hydrogen (secondary N) is 1. The minimum atomic E-state index is -1.20. The van der Waals surface area contributed by atoms with Crippen LogP contribution in [0.4, 0.5) is 4.79 Å². The maximum Gasteiger partial charge on any atom is 0.411 e. The topological polar surface area (TPSA) is 129 Å². The molecule has 1 N–H and O–H groups in total. The van der Waals surface area contributed by atoms with Gasteiger partial charge in [-0.1, -0.05) is 19.9 Å². The van der Waals surface area contributed by atoms with Gasteiger partial charge in [-0.05, 0) is 52.2 Å². The molecule has 46 heavy (non-hydrogen) atoms. The van der Waals surface area contributed by atoms with E-state index in [0.717, 1.165) is 16.1 Å². The highest BCUT2D eigenvalue weighted by molar-refractivity contribution is 7.13. The normalized spacial score (nSPS) is 22.4. The van der Waals surface area contributed by atoms with E-state index in [1.807, 2.05) is 29.6 Å². The number of fused-ring (bicyclic) bond motifs is 1. The summed E-state index contributed by atoms with van der Waals surface area (Å²) < 4.78 is 23.0. The summed E-state index contributed by atoms with van der Waals surface area (Å²) in [6.45, 7) is 15.3. The molecule has 0 radical (unpaired) electrons. The second-order valence-corrected chi connectivity index (χ2v) is 13.8. The molecule has 5 rings (SSSR count). The van der Waals surface area contributed by atoms with Gasteiger partial charge in [-0.25, -0.2) is 19.6 Å². The van der Waals surface area contributed by atoms with Crippen molar-refractivity contribution in [2.24, 2.45) is 5.92 Å². The van der Waals surface area contributed by atoms with Gasteiger partial charge >= 0.3 is 12.1 Å². The Balaban J connectivity index is 1.47. The number of esters is 1. The van der Waals surface area contributed by atoms with Crippen molar-refractivity contribution in [3.63, 3.8) is 0 Å². The molecule has 1 unspecified atom stereocenters. The summed E-state index contributed by atoms with van der Waals surface area (Å²) in [6, 6.07) is 6.43. The van der Waals surface area contributed by atoms with Crippen LogP contribution in [0.1, 0.15) is 66.0 Å². The third kappa shape index (κ3) is 6.81. The van der Waals surface area contributed by atoms with Crippen molar-refractivity contribution in [1.29, 1.82) is 0 Å². The van der Waals surface area contributed by atoms with Crippen molar-refractivity contribution >= 4 is 40.2 Å². The van der Waals surface area contributed by atoms with E-state index in [2.05, 4.69) is 25.7 Å². The zero-order valence-corrected chi connectivity index (χ0v) is 28.2. The van der Waals surface area contributed by atoms with Crippen LogP contribution in [0, 0.1) is 5.92 Å². The van der Waals surface area contributed by atoms with Crippen molar-refractivity contribution in [3.05, 3.63) is 48.0 Å². The molecule has 3 heterocycles. The van der Waals surface area contributed by atoms with E-state index < -0.39 is 41.3 Å². The number of hydrogen-bond acceptors (Lipinski definition) is 10. The highest BCUT2D eigenvalue weighted by atomic mass is 32.1. The molecule has 11 nitrogen and oxygen atoms in total. The molecule has 2 aromatic heterocycles. The maximum absolute atomic E-state index is 13.8. The fraction of sp³-hybridized carbons (Fsp3) is 0.500. The predicted octanol–water partition coefficient (Wildman–Crippen LogP) is 5.87. The first kappa shape index (κ1) is 33.2. The largest absolute Gasteiger partial charge is 0.497 e. The average molecular weight is 651 g/mol. The van der Waals surface area contributed by atoms with Gasteiger partial charge in [0.15, 0.2) is 0 Å². The van der Waals surface area contributed by atoms with E-state index >= 15 is 0 Å². The number of nitrogens with zero attached hydrogens (tertiary/aromatic N) is 3. The molecule has 2 amide bonds. The Bertz CT molecular complexity index is 1650. The second kappa shape index (κ2) is 12.9. The quantitative estimate of drug-likeness (QED) is 0.212. The van der Waals surface area contributed by atoms with Gasteiger partial charge in [0, 0.05) is 35.2 Å². The first-order valence-electron chi connectivity index (χ1n) is 15.5. The fourth-order valence-electron chi connectivity index (χ4n) is 5.58. The second-order valence-electron chi connectivity index (χ2n) is 13.0. The summed E-state index contributed by atoms with van der Waals surface area (Å²) in [6.07, 6.45) is 0.975. The maximum atomic E-state index is 13.8. The number of aromatic nitrogens is 2. The molecule has 1 aromatic carbocycles. The molecule has 2 fully saturated rings. The average Bonchev–Trinajstić information content (AvgIpc) is 3.31. The Hall–Kier alpha value is -4.19. The molecule has 0 spiro atoms. The van der Waals surface area contributed by atoms with E-state index in [1.165, 1.54) is 16.2 Å². The number of likely N-dealkylation sites (tertiary alicyclic amines) is 1. The van der Waals surface area contributed by atoms with Gasteiger partial charge in [0.25, 0.3) is 0 Å². The van der Waals surface area contributed by atoms with Gasteiger partial charge < -0.3 is 24.3 Å². The molecule has 0 bridgehead atoms. The number of methoxy groups -OCH3 is 1. The molecular weight excluding hydrogens is 608 g/mol. The lowest BCUT2D eigenvalue weighted by Gasteiger charge is -2.28. The molecule has 1 saturated carbocycles. The summed E-state index contributed by atoms with van der Waals surface area (Å²) in [7, 11) is 1.60. The lowest BCUT2D eigenvalue weighted by molar-refractivity contribution is -0.149. The molecule has 2 aliphatic rings. The number of benzene rings is 1. The van der Waals surface area contributed by atoms with Crippen LogP contribution < -0.4 is 14.8 Å². The smallest absolute Gasteiger partial charge is 0.411 e. The van der Waals surface area contributed by atoms with Crippen molar-refractivity contribution in [3.8, 4) is 22.2 Å². The van der Waals surface area contributed by atoms with Crippen LogP contribution in [-0.2, 0) is 19.1 Å². The SMILES string of the molecule is C=C[C@@H]1C[C@]1(NC(=O)[C@@H]1CC(Oc2cc(-c3nc(C(C)C)cs3)nc3cc(OC)ccc23)CN1C(=O)OC(C)(C)C)C(=O)OCC. The number of carbonyl (C=O) groups is 3. The monoisotopic (exact) mass is 650 g/mol. The molecule has 3 aromatic rings. The van der Waals surface area contributed by atoms with E-state index in [-0.39, 0.29) is 31.4 Å². The lowest BCUT2D eigenvalue weighted by Crippen LogP contribution is -2.53. The third-order valence-corrected chi connectivity index (χ3v) is 8.97. The number of pyridine rings is 1. The van der Waals surface area contributed by atoms with Gasteiger partial charge in [0.2, 0.25) is 5.91 Å². The highest BCUT2D eigenvalue weighted by Crippen LogP contribution is 2.46. The van der Waals surface area contributed by atoms with E-state index in [1.54, 1.807) is 40.9 Å². The zero-order valence-electron chi connectivity index (χ0n) is 27.4. The number of amides is 2. The van der Waals surface area contributed by atoms with Crippen LogP contribution in [-0.4, -0.2) is 76.4 Å². The van der Waals surface area contributed by atoms with Crippen LogP contribution in [0.3, 0.4) is 0 Å². The van der Waals surface area contributed by atoms with Crippen LogP contribution in [0.2, 0.25) is 0 Å². The Morgan fingerprint density at radius 3 is 2.59 bits per heavy atom. The van der Waals surface area contributed by atoms with Gasteiger partial charge in [0.1, 0.15) is 45.5 Å². The Morgan fingerprint density at radius 1 is 1.22 bits per heavy atom. The van der Waals surface area contributed by atoms with E-state index in [0.29, 0.717) is 29.1 Å². The van der Waals surface area contributed by atoms with Crippen molar-refractivity contribution < 1.29 is 33.3 Å². The Labute approximate surface area is 273 Å². The van der Waals surface area contributed by atoms with Gasteiger partial charge in [0.05, 0.1) is 31.5 Å². The molecular formula is C34H42N4O7S. The highest BCUT2D eigenvalue weighted by Gasteiger charge is 2.62. The first-order chi connectivity index (χ1) is 21.8. The molecule has 4 atom stereocenters. The summed E-state index contributed by atoms with van der Waals surface area (Å²) in [5, 5.41) is 6.41. The summed E-state index contributed by atoms with van der Waals surface area (Å²) >= 11 is 1.51. The summed E-state index contributed by atoms with van der Waals surface area (Å²) in [4.78, 5) is 51.2. The molecule has 1 saturated heterocycles. The van der Waals surface area contributed by atoms with Crippen molar-refractivity contribution in [2.45, 2.75) is 83.6 Å². The molecule has 1 aliphatic heterocycles. The zero-order chi connectivity index (χ0) is 33.4. The number of hydrogen-bond donors (Lipinski definition) is 1. The van der Waals surface area contributed by atoms with E-state index in [9.17, 15) is 14.4 Å². The van der Waals surface area contributed by atoms with Crippen molar-refractivity contribution in [1.82, 2.24) is 20.2 Å². The van der Waals surface area contributed by atoms with E-state index in [4.69, 9.17) is 28.9 Å². The van der Waals surface area contributed by atoms with Crippen molar-refractivity contribution in [2.75, 3.05) is 20.3 Å². The Morgan fingerprint density at radius 2 is 1.98 bits per heavy atom. The standard InChI is InChI=1S/C34H42N4O7S/c1-9-20-16-34(20,31(40)43-10-2)37-29(39)27-14-22(17-38(27)32(41)45-33(5,6)7)44-28-15-25(30-36-26(18-46-30)19(3)4)35-24-13-21(42-8)11-12-23(24)28/h9,11-13,15,18-20,22,27H,1,10,14,16-17H2,2-8H3,(H,37,39)/t20-,22?,27+,34-/m1/s1. The molecule has 12 heteroatoms. The number of ether oxygens (including phenoxy) is 4. The summed E-state index contributed by atoms with van der Waals surface area (Å²) in [5.74, 6) is 0.185. The van der Waals surface area contributed by atoms with Crippen LogP contribution in [0.5, 0.6) is 11.5 Å². The lowest BCUT2D eigenvalue weighted by atomic mass is 10.1. The van der Waals surface area contributed by atoms with Crippen LogP contribution >= 0.6 is 11.3 Å². The number of rotatable bonds is 10. The third-order valence-electron chi connectivity index (χ3n) is 8.08. The minimum Gasteiger partial charge on any atom is -0.497 e. The minimum absolute atomic E-state index is 0.0916. The number of carbonyl (C=O) groups excluding carboxylic acids is 3. The first-order valence-corrected chi connectivity index (χ1v) is 16.4. The fourth-order valence-corrected chi connectivity index (χ4v) is 6.52. The van der Waals surface area contributed by atoms with Gasteiger partial charge in [-0.2, -0.15) is 0 Å². The predicted molar refractivity (Wildman–Crippen MR) is 175 cm³/mol. The van der Waals surface area contributed by atoms with Crippen LogP contribution in [0.25, 0.3) is 21.6 Å². The molecule has 1 aliphatic carbocycles. The van der Waals surface area contributed by atoms with Gasteiger partial charge in [-0.3, -0.25) is 9.69 Å². The molecule has 246 valence electrons.